The van der Waals surface area contributed by atoms with Gasteiger partial charge in [-0.3, -0.25) is 4.68 Å². The predicted octanol–water partition coefficient (Wildman–Crippen LogP) is 4.17. The molecule has 0 radical (unpaired) electrons. The summed E-state index contributed by atoms with van der Waals surface area (Å²) in [5.41, 5.74) is 3.74. The molecule has 0 fully saturated rings. The van der Waals surface area contributed by atoms with Gasteiger partial charge in [0.2, 0.25) is 0 Å². The average Bonchev–Trinajstić information content (AvgIpc) is 2.86. The Morgan fingerprint density at radius 3 is 2.57 bits per heavy atom. The fourth-order valence-corrected chi connectivity index (χ4v) is 3.30. The quantitative estimate of drug-likeness (QED) is 0.778. The summed E-state index contributed by atoms with van der Waals surface area (Å²) in [5.74, 6) is 0.969. The van der Waals surface area contributed by atoms with E-state index in [1.807, 2.05) is 11.8 Å². The van der Waals surface area contributed by atoms with Crippen molar-refractivity contribution in [2.24, 2.45) is 0 Å². The van der Waals surface area contributed by atoms with Crippen molar-refractivity contribution >= 4 is 11.8 Å². The predicted molar refractivity (Wildman–Crippen MR) is 90.7 cm³/mol. The highest BCUT2D eigenvalue weighted by molar-refractivity contribution is 7.98. The summed E-state index contributed by atoms with van der Waals surface area (Å²) in [4.78, 5) is 1.31. The molecule has 1 aromatic heterocycles. The Labute approximate surface area is 132 Å². The van der Waals surface area contributed by atoms with E-state index in [2.05, 4.69) is 73.1 Å². The van der Waals surface area contributed by atoms with E-state index >= 15 is 0 Å². The van der Waals surface area contributed by atoms with Crippen molar-refractivity contribution in [2.75, 3.05) is 6.54 Å². The van der Waals surface area contributed by atoms with Crippen LogP contribution in [-0.4, -0.2) is 16.3 Å². The first-order valence-electron chi connectivity index (χ1n) is 7.63. The lowest BCUT2D eigenvalue weighted by Gasteiger charge is -2.13. The van der Waals surface area contributed by atoms with E-state index in [0.717, 1.165) is 24.5 Å². The molecular weight excluding hydrogens is 278 g/mol. The van der Waals surface area contributed by atoms with Crippen molar-refractivity contribution in [1.82, 2.24) is 15.1 Å². The number of hydrogen-bond acceptors (Lipinski definition) is 3. The van der Waals surface area contributed by atoms with Crippen LogP contribution in [0.25, 0.3) is 0 Å². The normalized spacial score (nSPS) is 12.6. The number of nitrogens with zero attached hydrogens (tertiary/aromatic N) is 2. The highest BCUT2D eigenvalue weighted by atomic mass is 32.2. The topological polar surface area (TPSA) is 29.9 Å². The third-order valence-electron chi connectivity index (χ3n) is 3.56. The van der Waals surface area contributed by atoms with E-state index < -0.39 is 0 Å². The molecule has 0 saturated heterocycles. The summed E-state index contributed by atoms with van der Waals surface area (Å²) in [7, 11) is 0. The van der Waals surface area contributed by atoms with Gasteiger partial charge in [-0.15, -0.1) is 11.8 Å². The molecule has 1 atom stereocenters. The molecule has 4 heteroatoms. The Morgan fingerprint density at radius 2 is 1.95 bits per heavy atom. The first-order chi connectivity index (χ1) is 10.1. The molecule has 0 amide bonds. The number of aryl methyl sites for hydroxylation is 2. The summed E-state index contributed by atoms with van der Waals surface area (Å²) < 4.78 is 2.09. The van der Waals surface area contributed by atoms with Crippen molar-refractivity contribution < 1.29 is 0 Å². The first kappa shape index (κ1) is 16.1. The summed E-state index contributed by atoms with van der Waals surface area (Å²) in [6.45, 7) is 10.5. The fraction of sp³-hybridized carbons (Fsp3) is 0.471. The standard InChI is InChI=1S/C17H25N3S/c1-5-18-14(4)15-7-9-17(10-8-15)21-12-16-11-13(3)19-20(16)6-2/h7-11,14,18H,5-6,12H2,1-4H3. The molecule has 0 bridgehead atoms. The Kier molecular flexibility index (Phi) is 5.88. The maximum absolute atomic E-state index is 4.49. The fourth-order valence-electron chi connectivity index (χ4n) is 2.42. The summed E-state index contributed by atoms with van der Waals surface area (Å²) >= 11 is 1.87. The molecule has 0 aliphatic carbocycles. The van der Waals surface area contributed by atoms with Crippen LogP contribution in [0.5, 0.6) is 0 Å². The molecule has 0 spiro atoms. The third-order valence-corrected chi connectivity index (χ3v) is 4.61. The SMILES string of the molecule is CCNC(C)c1ccc(SCc2cc(C)nn2CC)cc1. The maximum atomic E-state index is 4.49. The van der Waals surface area contributed by atoms with Crippen molar-refractivity contribution in [3.63, 3.8) is 0 Å². The molecule has 21 heavy (non-hydrogen) atoms. The van der Waals surface area contributed by atoms with Gasteiger partial charge in [-0.05, 0) is 51.1 Å². The molecule has 1 unspecified atom stereocenters. The van der Waals surface area contributed by atoms with Crippen molar-refractivity contribution in [3.05, 3.63) is 47.3 Å². The minimum atomic E-state index is 0.415. The van der Waals surface area contributed by atoms with Gasteiger partial charge in [-0.25, -0.2) is 0 Å². The van der Waals surface area contributed by atoms with Crippen LogP contribution < -0.4 is 5.32 Å². The molecule has 2 aromatic rings. The highest BCUT2D eigenvalue weighted by Gasteiger charge is 2.06. The van der Waals surface area contributed by atoms with Gasteiger partial charge in [0.1, 0.15) is 0 Å². The lowest BCUT2D eigenvalue weighted by molar-refractivity contribution is 0.598. The van der Waals surface area contributed by atoms with Crippen molar-refractivity contribution in [3.8, 4) is 0 Å². The zero-order valence-electron chi connectivity index (χ0n) is 13.4. The Hall–Kier alpha value is -1.26. The van der Waals surface area contributed by atoms with Crippen LogP contribution >= 0.6 is 11.8 Å². The summed E-state index contributed by atoms with van der Waals surface area (Å²) in [6.07, 6.45) is 0. The Bertz CT molecular complexity index is 560. The molecule has 0 aliphatic heterocycles. The second kappa shape index (κ2) is 7.66. The van der Waals surface area contributed by atoms with Crippen LogP contribution in [0, 0.1) is 6.92 Å². The molecule has 0 aliphatic rings. The number of aromatic nitrogens is 2. The van der Waals surface area contributed by atoms with Crippen LogP contribution in [0.15, 0.2) is 35.2 Å². The second-order valence-corrected chi connectivity index (χ2v) is 6.28. The minimum absolute atomic E-state index is 0.415. The van der Waals surface area contributed by atoms with Gasteiger partial charge in [-0.1, -0.05) is 19.1 Å². The molecule has 114 valence electrons. The van der Waals surface area contributed by atoms with Crippen LogP contribution in [-0.2, 0) is 12.3 Å². The minimum Gasteiger partial charge on any atom is -0.310 e. The number of benzene rings is 1. The highest BCUT2D eigenvalue weighted by Crippen LogP contribution is 2.25. The van der Waals surface area contributed by atoms with Gasteiger partial charge in [0.15, 0.2) is 0 Å². The van der Waals surface area contributed by atoms with Gasteiger partial charge < -0.3 is 5.32 Å². The van der Waals surface area contributed by atoms with E-state index in [-0.39, 0.29) is 0 Å². The largest absolute Gasteiger partial charge is 0.310 e. The number of rotatable bonds is 7. The zero-order valence-corrected chi connectivity index (χ0v) is 14.2. The second-order valence-electron chi connectivity index (χ2n) is 5.23. The van der Waals surface area contributed by atoms with Crippen molar-refractivity contribution in [2.45, 2.75) is 50.9 Å². The van der Waals surface area contributed by atoms with Crippen LogP contribution in [0.2, 0.25) is 0 Å². The first-order valence-corrected chi connectivity index (χ1v) is 8.62. The molecule has 1 aromatic carbocycles. The van der Waals surface area contributed by atoms with Gasteiger partial charge in [0.05, 0.1) is 5.69 Å². The lowest BCUT2D eigenvalue weighted by atomic mass is 10.1. The van der Waals surface area contributed by atoms with E-state index in [4.69, 9.17) is 0 Å². The smallest absolute Gasteiger partial charge is 0.0596 e. The Balaban J connectivity index is 1.97. The third kappa shape index (κ3) is 4.35. The van der Waals surface area contributed by atoms with Crippen LogP contribution in [0.3, 0.4) is 0 Å². The van der Waals surface area contributed by atoms with E-state index in [0.29, 0.717) is 6.04 Å². The van der Waals surface area contributed by atoms with Gasteiger partial charge in [-0.2, -0.15) is 5.10 Å². The van der Waals surface area contributed by atoms with Gasteiger partial charge >= 0.3 is 0 Å². The molecule has 1 heterocycles. The van der Waals surface area contributed by atoms with Crippen molar-refractivity contribution in [1.29, 1.82) is 0 Å². The van der Waals surface area contributed by atoms with E-state index in [1.165, 1.54) is 16.2 Å². The summed E-state index contributed by atoms with van der Waals surface area (Å²) in [6, 6.07) is 11.5. The number of nitrogens with one attached hydrogen (secondary N) is 1. The van der Waals surface area contributed by atoms with Gasteiger partial charge in [0, 0.05) is 28.9 Å². The average molecular weight is 303 g/mol. The summed E-state index contributed by atoms with van der Waals surface area (Å²) in [5, 5.41) is 7.93. The van der Waals surface area contributed by atoms with Gasteiger partial charge in [0.25, 0.3) is 0 Å². The molecule has 1 N–H and O–H groups in total. The lowest BCUT2D eigenvalue weighted by Crippen LogP contribution is -2.17. The van der Waals surface area contributed by atoms with E-state index in [9.17, 15) is 0 Å². The molecular formula is C17H25N3S. The molecule has 2 rings (SSSR count). The van der Waals surface area contributed by atoms with Crippen LogP contribution in [0.1, 0.15) is 43.8 Å². The van der Waals surface area contributed by atoms with E-state index in [1.54, 1.807) is 0 Å². The molecule has 3 nitrogen and oxygen atoms in total. The number of hydrogen-bond donors (Lipinski definition) is 1. The van der Waals surface area contributed by atoms with Crippen LogP contribution in [0.4, 0.5) is 0 Å². The monoisotopic (exact) mass is 303 g/mol. The Morgan fingerprint density at radius 1 is 1.24 bits per heavy atom. The number of thioether (sulfide) groups is 1. The zero-order chi connectivity index (χ0) is 15.2. The molecule has 0 saturated carbocycles. The maximum Gasteiger partial charge on any atom is 0.0596 e.